The van der Waals surface area contributed by atoms with Crippen LogP contribution in [-0.4, -0.2) is 53.8 Å². The van der Waals surface area contributed by atoms with Crippen LogP contribution in [0.15, 0.2) is 73.1 Å². The normalized spacial score (nSPS) is 11.6. The molecular weight excluding hydrogens is 658 g/mol. The van der Waals surface area contributed by atoms with Crippen molar-refractivity contribution in [2.75, 3.05) is 34.2 Å². The molecule has 0 aliphatic rings. The number of halogens is 2. The van der Waals surface area contributed by atoms with Crippen molar-refractivity contribution in [3.05, 3.63) is 105 Å². The first-order valence-corrected chi connectivity index (χ1v) is 17.1. The van der Waals surface area contributed by atoms with Crippen LogP contribution in [0.2, 0.25) is 0 Å². The van der Waals surface area contributed by atoms with Gasteiger partial charge in [-0.1, -0.05) is 46.4 Å². The minimum absolute atomic E-state index is 0.132. The first-order valence-electron chi connectivity index (χ1n) is 14.5. The van der Waals surface area contributed by atoms with Crippen molar-refractivity contribution in [2.24, 2.45) is 0 Å². The number of para-hydroxylation sites is 2. The number of nitro groups is 2. The Morgan fingerprint density at radius 2 is 1.46 bits per heavy atom. The Balaban J connectivity index is 1.77. The molecule has 0 fully saturated rings. The van der Waals surface area contributed by atoms with E-state index in [4.69, 9.17) is 27.7 Å². The first kappa shape index (κ1) is 34.9. The number of alkyl halides is 2. The first-order chi connectivity index (χ1) is 22.1. The summed E-state index contributed by atoms with van der Waals surface area (Å²) in [5, 5.41) is 23.4. The minimum Gasteiger partial charge on any atom is -0.390 e. The molecule has 0 radical (unpaired) electrons. The van der Waals surface area contributed by atoms with Gasteiger partial charge in [0, 0.05) is 42.6 Å². The zero-order chi connectivity index (χ0) is 33.3. The molecule has 17 heteroatoms. The Kier molecular flexibility index (Phi) is 12.2. The highest BCUT2D eigenvalue weighted by Crippen LogP contribution is 2.58. The van der Waals surface area contributed by atoms with E-state index in [2.05, 4.69) is 9.97 Å². The summed E-state index contributed by atoms with van der Waals surface area (Å²) >= 11 is 12.5. The van der Waals surface area contributed by atoms with Crippen LogP contribution in [0.5, 0.6) is 0 Å². The van der Waals surface area contributed by atoms with Crippen LogP contribution in [0.1, 0.15) is 37.7 Å². The van der Waals surface area contributed by atoms with Gasteiger partial charge < -0.3 is 20.2 Å². The van der Waals surface area contributed by atoms with Crippen molar-refractivity contribution < 1.29 is 18.9 Å². The van der Waals surface area contributed by atoms with E-state index >= 15 is 4.57 Å². The fourth-order valence-corrected chi connectivity index (χ4v) is 8.13. The summed E-state index contributed by atoms with van der Waals surface area (Å²) in [6.45, 7) is 3.82. The molecule has 246 valence electrons. The van der Waals surface area contributed by atoms with Gasteiger partial charge in [0.25, 0.3) is 0 Å². The Labute approximate surface area is 276 Å². The third-order valence-corrected chi connectivity index (χ3v) is 9.99. The van der Waals surface area contributed by atoms with Gasteiger partial charge in [-0.15, -0.1) is 23.2 Å². The quantitative estimate of drug-likeness (QED) is 0.0451. The Morgan fingerprint density at radius 3 is 1.93 bits per heavy atom. The van der Waals surface area contributed by atoms with Crippen LogP contribution in [-0.2, 0) is 28.7 Å². The summed E-state index contributed by atoms with van der Waals surface area (Å²) < 4.78 is 28.0. The molecule has 0 saturated carbocycles. The van der Waals surface area contributed by atoms with E-state index in [0.717, 1.165) is 0 Å². The maximum absolute atomic E-state index is 15.4. The van der Waals surface area contributed by atoms with E-state index in [9.17, 15) is 20.2 Å². The molecule has 2 aromatic heterocycles. The molecule has 0 bridgehead atoms. The van der Waals surface area contributed by atoms with Crippen molar-refractivity contribution in [3.63, 3.8) is 0 Å². The van der Waals surface area contributed by atoms with Crippen LogP contribution in [0.4, 0.5) is 23.3 Å². The standard InChI is InChI=1S/C29H35Cl2N8O6P/c1-23(2)37-27(26(33-29(37)39(42)43)14-9-18-34-21-17-32-28(34)38(40)41)22-45-46(44,35(19-15-30)24-10-5-3-6-11-24)36(20-16-31)25-12-7-4-8-13-25/h3-8,10-13,17,21,23H,9,14-16,18-20,22H2,1-2H3. The third-order valence-electron chi connectivity index (χ3n) is 7.10. The van der Waals surface area contributed by atoms with Crippen LogP contribution in [0.3, 0.4) is 0 Å². The predicted molar refractivity (Wildman–Crippen MR) is 178 cm³/mol. The van der Waals surface area contributed by atoms with Gasteiger partial charge >= 0.3 is 19.6 Å². The van der Waals surface area contributed by atoms with E-state index in [1.54, 1.807) is 47.5 Å². The minimum atomic E-state index is -4.05. The number of rotatable bonds is 18. The van der Waals surface area contributed by atoms with Gasteiger partial charge in [-0.3, -0.25) is 13.9 Å². The monoisotopic (exact) mass is 692 g/mol. The van der Waals surface area contributed by atoms with Gasteiger partial charge in [0.1, 0.15) is 24.7 Å². The van der Waals surface area contributed by atoms with Gasteiger partial charge in [0.2, 0.25) is 0 Å². The number of anilines is 2. The zero-order valence-electron chi connectivity index (χ0n) is 25.4. The van der Waals surface area contributed by atoms with E-state index < -0.39 is 23.6 Å². The Morgan fingerprint density at radius 1 is 0.913 bits per heavy atom. The summed E-state index contributed by atoms with van der Waals surface area (Å²) in [4.78, 5) is 30.4. The van der Waals surface area contributed by atoms with Crippen molar-refractivity contribution in [1.29, 1.82) is 0 Å². The second-order valence-electron chi connectivity index (χ2n) is 10.4. The summed E-state index contributed by atoms with van der Waals surface area (Å²) in [6.07, 6.45) is 3.43. The number of nitrogens with zero attached hydrogens (tertiary/aromatic N) is 8. The molecular formula is C29H35Cl2N8O6P. The zero-order valence-corrected chi connectivity index (χ0v) is 27.8. The highest BCUT2D eigenvalue weighted by molar-refractivity contribution is 7.62. The van der Waals surface area contributed by atoms with Crippen molar-refractivity contribution in [3.8, 4) is 0 Å². The molecule has 0 amide bonds. The average Bonchev–Trinajstić information content (AvgIpc) is 3.67. The van der Waals surface area contributed by atoms with E-state index in [1.807, 2.05) is 36.4 Å². The number of aromatic nitrogens is 4. The predicted octanol–water partition coefficient (Wildman–Crippen LogP) is 7.23. The van der Waals surface area contributed by atoms with Gasteiger partial charge in [-0.2, -0.15) is 0 Å². The highest BCUT2D eigenvalue weighted by atomic mass is 35.5. The maximum Gasteiger partial charge on any atom is 0.435 e. The molecule has 4 rings (SSSR count). The van der Waals surface area contributed by atoms with Crippen molar-refractivity contribution in [1.82, 2.24) is 19.1 Å². The van der Waals surface area contributed by atoms with Crippen LogP contribution >= 0.6 is 30.9 Å². The summed E-state index contributed by atoms with van der Waals surface area (Å²) in [5.74, 6) is -0.420. The summed E-state index contributed by atoms with van der Waals surface area (Å²) in [7, 11) is -4.05. The van der Waals surface area contributed by atoms with Crippen molar-refractivity contribution >= 4 is 54.1 Å². The molecule has 2 heterocycles. The largest absolute Gasteiger partial charge is 0.435 e. The molecule has 0 aliphatic heterocycles. The van der Waals surface area contributed by atoms with Crippen LogP contribution in [0, 0.1) is 20.2 Å². The number of aryl methyl sites for hydroxylation is 2. The molecule has 0 atom stereocenters. The Bertz CT molecular complexity index is 1600. The summed E-state index contributed by atoms with van der Waals surface area (Å²) in [6, 6.07) is 17.8. The lowest BCUT2D eigenvalue weighted by Crippen LogP contribution is -2.35. The third kappa shape index (κ3) is 7.87. The second-order valence-corrected chi connectivity index (χ2v) is 13.3. The molecule has 0 aliphatic carbocycles. The van der Waals surface area contributed by atoms with E-state index in [1.165, 1.54) is 21.5 Å². The smallest absolute Gasteiger partial charge is 0.390 e. The average molecular weight is 694 g/mol. The number of benzene rings is 2. The lowest BCUT2D eigenvalue weighted by Gasteiger charge is -2.40. The maximum atomic E-state index is 15.4. The molecule has 0 unspecified atom stereocenters. The molecule has 46 heavy (non-hydrogen) atoms. The van der Waals surface area contributed by atoms with Gasteiger partial charge in [0.15, 0.2) is 5.69 Å². The number of hydrogen-bond donors (Lipinski definition) is 0. The fraction of sp³-hybridized carbons (Fsp3) is 0.379. The molecule has 4 aromatic rings. The second kappa shape index (κ2) is 16.0. The van der Waals surface area contributed by atoms with E-state index in [-0.39, 0.29) is 56.3 Å². The topological polar surface area (TPSA) is 155 Å². The fourth-order valence-electron chi connectivity index (χ4n) is 5.17. The molecule has 0 N–H and O–H groups in total. The molecule has 2 aromatic carbocycles. The summed E-state index contributed by atoms with van der Waals surface area (Å²) in [5.41, 5.74) is 1.95. The SMILES string of the molecule is CC(C)n1c([N+](=O)[O-])nc(CCCn2ccnc2[N+](=O)[O-])c1COP(=O)(N(CCCl)c1ccccc1)N(CCCl)c1ccccc1. The van der Waals surface area contributed by atoms with Gasteiger partial charge in [0.05, 0.1) is 12.6 Å². The van der Waals surface area contributed by atoms with Gasteiger partial charge in [-0.05, 0) is 54.4 Å². The van der Waals surface area contributed by atoms with Crippen LogP contribution < -0.4 is 9.34 Å². The lowest BCUT2D eigenvalue weighted by atomic mass is 10.2. The molecule has 14 nitrogen and oxygen atoms in total. The molecule has 0 saturated heterocycles. The number of hydrogen-bond acceptors (Lipinski definition) is 8. The molecule has 0 spiro atoms. The van der Waals surface area contributed by atoms with E-state index in [0.29, 0.717) is 29.2 Å². The van der Waals surface area contributed by atoms with Crippen molar-refractivity contribution in [2.45, 2.75) is 45.9 Å². The van der Waals surface area contributed by atoms with Gasteiger partial charge in [-0.25, -0.2) is 13.7 Å². The number of imidazole rings is 2. The lowest BCUT2D eigenvalue weighted by molar-refractivity contribution is -0.397. The highest BCUT2D eigenvalue weighted by Gasteiger charge is 2.41. The van der Waals surface area contributed by atoms with Crippen LogP contribution in [0.25, 0.3) is 0 Å². The Hall–Kier alpha value is -3.97.